The fourth-order valence-corrected chi connectivity index (χ4v) is 2.67. The molecule has 1 atom stereocenters. The van der Waals surface area contributed by atoms with E-state index >= 15 is 0 Å². The van der Waals surface area contributed by atoms with Crippen LogP contribution in [-0.4, -0.2) is 18.5 Å². The summed E-state index contributed by atoms with van der Waals surface area (Å²) in [7, 11) is 0. The quantitative estimate of drug-likeness (QED) is 0.514. The lowest BCUT2D eigenvalue weighted by molar-refractivity contribution is 0.156. The summed E-state index contributed by atoms with van der Waals surface area (Å²) in [5.74, 6) is 0. The van der Waals surface area contributed by atoms with Crippen LogP contribution in [0.15, 0.2) is 0 Å². The molecule has 0 aromatic carbocycles. The zero-order valence-corrected chi connectivity index (χ0v) is 10.2. The average molecular weight is 249 g/mol. The molecule has 1 fully saturated rings. The van der Waals surface area contributed by atoms with Crippen molar-refractivity contribution in [1.82, 2.24) is 0 Å². The molecule has 0 radical (unpaired) electrons. The molecule has 0 aromatic rings. The summed E-state index contributed by atoms with van der Waals surface area (Å²) in [5.41, 5.74) is 0.480. The van der Waals surface area contributed by atoms with Gasteiger partial charge in [-0.05, 0) is 12.8 Å². The lowest BCUT2D eigenvalue weighted by atomic mass is 9.84. The molecule has 0 saturated carbocycles. The second-order valence-electron chi connectivity index (χ2n) is 4.25. The van der Waals surface area contributed by atoms with Crippen molar-refractivity contribution in [3.63, 3.8) is 0 Å². The summed E-state index contributed by atoms with van der Waals surface area (Å²) in [6, 6.07) is 0. The molecule has 1 aliphatic heterocycles. The topological polar surface area (TPSA) is 9.23 Å². The second kappa shape index (κ2) is 6.02. The molecule has 78 valence electrons. The van der Waals surface area contributed by atoms with E-state index in [1.165, 1.54) is 38.5 Å². The Morgan fingerprint density at radius 2 is 2.15 bits per heavy atom. The number of hydrogen-bond acceptors (Lipinski definition) is 1. The van der Waals surface area contributed by atoms with Gasteiger partial charge < -0.3 is 4.74 Å². The molecule has 0 bridgehead atoms. The minimum absolute atomic E-state index is 0.480. The first-order valence-corrected chi connectivity index (χ1v) is 6.59. The molecular formula is C11H21BrO. The molecule has 1 unspecified atom stereocenters. The highest BCUT2D eigenvalue weighted by Gasteiger charge is 2.32. The molecule has 0 aromatic heterocycles. The van der Waals surface area contributed by atoms with Crippen LogP contribution in [0.3, 0.4) is 0 Å². The van der Waals surface area contributed by atoms with Gasteiger partial charge >= 0.3 is 0 Å². The Bertz CT molecular complexity index is 130. The van der Waals surface area contributed by atoms with Crippen LogP contribution in [0.4, 0.5) is 0 Å². The lowest BCUT2D eigenvalue weighted by Gasteiger charge is -2.24. The normalized spacial score (nSPS) is 28.2. The van der Waals surface area contributed by atoms with Gasteiger partial charge in [-0.3, -0.25) is 0 Å². The first-order chi connectivity index (χ1) is 6.33. The van der Waals surface area contributed by atoms with Crippen molar-refractivity contribution in [2.45, 2.75) is 45.4 Å². The highest BCUT2D eigenvalue weighted by molar-refractivity contribution is 9.09. The van der Waals surface area contributed by atoms with E-state index in [0.29, 0.717) is 5.41 Å². The van der Waals surface area contributed by atoms with E-state index < -0.39 is 0 Å². The van der Waals surface area contributed by atoms with Gasteiger partial charge in [0.1, 0.15) is 0 Å². The molecule has 13 heavy (non-hydrogen) atoms. The Balaban J connectivity index is 2.16. The van der Waals surface area contributed by atoms with Gasteiger partial charge in [-0.2, -0.15) is 0 Å². The van der Waals surface area contributed by atoms with E-state index in [-0.39, 0.29) is 0 Å². The Morgan fingerprint density at radius 3 is 2.69 bits per heavy atom. The Kier molecular flexibility index (Phi) is 5.34. The molecule has 1 aliphatic rings. The van der Waals surface area contributed by atoms with Gasteiger partial charge in [0.2, 0.25) is 0 Å². The zero-order valence-electron chi connectivity index (χ0n) is 8.65. The standard InChI is InChI=1S/C11H21BrO/c1-2-3-4-5-6-11(9-12)7-8-13-10-11/h2-10H2,1H3. The predicted octanol–water partition coefficient (Wildman–Crippen LogP) is 3.76. The first kappa shape index (κ1) is 11.5. The maximum Gasteiger partial charge on any atom is 0.0531 e. The van der Waals surface area contributed by atoms with Gasteiger partial charge in [-0.15, -0.1) is 0 Å². The molecule has 2 heteroatoms. The SMILES string of the molecule is CCCCCCC1(CBr)CCOC1. The molecule has 1 heterocycles. The third-order valence-corrected chi connectivity index (χ3v) is 4.22. The smallest absolute Gasteiger partial charge is 0.0531 e. The van der Waals surface area contributed by atoms with Crippen molar-refractivity contribution >= 4 is 15.9 Å². The third-order valence-electron chi connectivity index (χ3n) is 3.03. The molecule has 1 nitrogen and oxygen atoms in total. The molecule has 1 saturated heterocycles. The fourth-order valence-electron chi connectivity index (χ4n) is 1.95. The van der Waals surface area contributed by atoms with Crippen LogP contribution in [0.25, 0.3) is 0 Å². The summed E-state index contributed by atoms with van der Waals surface area (Å²) >= 11 is 3.62. The highest BCUT2D eigenvalue weighted by atomic mass is 79.9. The van der Waals surface area contributed by atoms with Crippen molar-refractivity contribution in [2.75, 3.05) is 18.5 Å². The van der Waals surface area contributed by atoms with Crippen LogP contribution in [0.2, 0.25) is 0 Å². The van der Waals surface area contributed by atoms with Crippen molar-refractivity contribution < 1.29 is 4.74 Å². The average Bonchev–Trinajstić information content (AvgIpc) is 2.62. The summed E-state index contributed by atoms with van der Waals surface area (Å²) in [6.07, 6.45) is 8.09. The number of alkyl halides is 1. The van der Waals surface area contributed by atoms with Gasteiger partial charge in [-0.1, -0.05) is 48.5 Å². The lowest BCUT2D eigenvalue weighted by Crippen LogP contribution is -2.22. The minimum Gasteiger partial charge on any atom is -0.381 e. The summed E-state index contributed by atoms with van der Waals surface area (Å²) < 4.78 is 5.48. The predicted molar refractivity (Wildman–Crippen MR) is 60.4 cm³/mol. The Labute approximate surface area is 90.4 Å². The Hall–Kier alpha value is 0.440. The monoisotopic (exact) mass is 248 g/mol. The maximum absolute atomic E-state index is 5.48. The molecule has 0 aliphatic carbocycles. The van der Waals surface area contributed by atoms with E-state index in [1.54, 1.807) is 0 Å². The van der Waals surface area contributed by atoms with Gasteiger partial charge in [0.25, 0.3) is 0 Å². The summed E-state index contributed by atoms with van der Waals surface area (Å²) in [6.45, 7) is 4.21. The number of halogens is 1. The maximum atomic E-state index is 5.48. The van der Waals surface area contributed by atoms with E-state index in [9.17, 15) is 0 Å². The molecule has 0 spiro atoms. The Morgan fingerprint density at radius 1 is 1.31 bits per heavy atom. The summed E-state index contributed by atoms with van der Waals surface area (Å²) in [5, 5.41) is 1.12. The molecule has 0 amide bonds. The van der Waals surface area contributed by atoms with Crippen LogP contribution in [0.5, 0.6) is 0 Å². The molecule has 0 N–H and O–H groups in total. The van der Waals surface area contributed by atoms with Gasteiger partial charge in [-0.25, -0.2) is 0 Å². The van der Waals surface area contributed by atoms with E-state index in [2.05, 4.69) is 22.9 Å². The van der Waals surface area contributed by atoms with Gasteiger partial charge in [0.15, 0.2) is 0 Å². The number of unbranched alkanes of at least 4 members (excludes halogenated alkanes) is 3. The van der Waals surface area contributed by atoms with E-state index in [1.807, 2.05) is 0 Å². The van der Waals surface area contributed by atoms with Crippen molar-refractivity contribution in [2.24, 2.45) is 5.41 Å². The number of ether oxygens (including phenoxy) is 1. The minimum atomic E-state index is 0.480. The van der Waals surface area contributed by atoms with Crippen LogP contribution in [0.1, 0.15) is 45.4 Å². The van der Waals surface area contributed by atoms with E-state index in [0.717, 1.165) is 18.5 Å². The first-order valence-electron chi connectivity index (χ1n) is 5.47. The second-order valence-corrected chi connectivity index (χ2v) is 4.81. The summed E-state index contributed by atoms with van der Waals surface area (Å²) in [4.78, 5) is 0. The van der Waals surface area contributed by atoms with Crippen molar-refractivity contribution in [3.8, 4) is 0 Å². The molecular weight excluding hydrogens is 228 g/mol. The van der Waals surface area contributed by atoms with Crippen LogP contribution in [0, 0.1) is 5.41 Å². The number of rotatable bonds is 6. The number of hydrogen-bond donors (Lipinski definition) is 0. The van der Waals surface area contributed by atoms with Crippen LogP contribution < -0.4 is 0 Å². The highest BCUT2D eigenvalue weighted by Crippen LogP contribution is 2.36. The van der Waals surface area contributed by atoms with Crippen molar-refractivity contribution in [1.29, 1.82) is 0 Å². The van der Waals surface area contributed by atoms with Crippen molar-refractivity contribution in [3.05, 3.63) is 0 Å². The third kappa shape index (κ3) is 3.59. The zero-order chi connectivity index (χ0) is 9.57. The fraction of sp³-hybridized carbons (Fsp3) is 1.00. The van der Waals surface area contributed by atoms with Gasteiger partial charge in [0.05, 0.1) is 6.61 Å². The van der Waals surface area contributed by atoms with E-state index in [4.69, 9.17) is 4.74 Å². The van der Waals surface area contributed by atoms with Crippen LogP contribution in [-0.2, 0) is 4.74 Å². The van der Waals surface area contributed by atoms with Crippen LogP contribution >= 0.6 is 15.9 Å². The van der Waals surface area contributed by atoms with Gasteiger partial charge in [0, 0.05) is 17.4 Å². The largest absolute Gasteiger partial charge is 0.381 e. The molecule has 1 rings (SSSR count).